The van der Waals surface area contributed by atoms with E-state index in [1.54, 1.807) is 24.0 Å². The van der Waals surface area contributed by atoms with Crippen LogP contribution in [0.25, 0.3) is 0 Å². The topological polar surface area (TPSA) is 63.5 Å². The molecule has 1 amide bonds. The molecule has 1 aromatic carbocycles. The summed E-state index contributed by atoms with van der Waals surface area (Å²) in [4.78, 5) is 24.4. The Morgan fingerprint density at radius 1 is 1.58 bits per heavy atom. The van der Waals surface area contributed by atoms with Gasteiger partial charge in [-0.3, -0.25) is 14.9 Å². The molecule has 0 radical (unpaired) electrons. The molecule has 6 heteroatoms. The molecule has 1 aliphatic rings. The summed E-state index contributed by atoms with van der Waals surface area (Å²) in [6.07, 6.45) is 0.892. The third-order valence-electron chi connectivity index (χ3n) is 3.44. The highest BCUT2D eigenvalue weighted by atomic mass is 35.5. The Hall–Kier alpha value is -1.62. The van der Waals surface area contributed by atoms with E-state index in [1.165, 1.54) is 6.07 Å². The Kier molecular flexibility index (Phi) is 4.04. The van der Waals surface area contributed by atoms with Crippen LogP contribution in [0.2, 0.25) is 0 Å². The number of amides is 1. The SMILES string of the molecule is Cc1ccc(C(=O)N2CCC(CCl)C2)cc1[N+](=O)[O-]. The van der Waals surface area contributed by atoms with Gasteiger partial charge in [0.1, 0.15) is 0 Å². The molecule has 1 atom stereocenters. The minimum Gasteiger partial charge on any atom is -0.338 e. The van der Waals surface area contributed by atoms with Crippen LogP contribution in [-0.4, -0.2) is 34.7 Å². The lowest BCUT2D eigenvalue weighted by molar-refractivity contribution is -0.385. The van der Waals surface area contributed by atoms with Gasteiger partial charge in [-0.2, -0.15) is 0 Å². The van der Waals surface area contributed by atoms with E-state index >= 15 is 0 Å². The van der Waals surface area contributed by atoms with Gasteiger partial charge in [0.15, 0.2) is 0 Å². The van der Waals surface area contributed by atoms with Crippen LogP contribution in [0.5, 0.6) is 0 Å². The molecule has 2 rings (SSSR count). The number of hydrogen-bond donors (Lipinski definition) is 0. The molecule has 0 aromatic heterocycles. The number of carbonyl (C=O) groups excluding carboxylic acids is 1. The largest absolute Gasteiger partial charge is 0.338 e. The normalized spacial score (nSPS) is 18.6. The second kappa shape index (κ2) is 5.57. The van der Waals surface area contributed by atoms with Gasteiger partial charge >= 0.3 is 0 Å². The quantitative estimate of drug-likeness (QED) is 0.486. The van der Waals surface area contributed by atoms with Crippen LogP contribution in [0.15, 0.2) is 18.2 Å². The van der Waals surface area contributed by atoms with E-state index in [9.17, 15) is 14.9 Å². The van der Waals surface area contributed by atoms with Gasteiger partial charge in [0.2, 0.25) is 0 Å². The van der Waals surface area contributed by atoms with Crippen molar-refractivity contribution in [3.05, 3.63) is 39.4 Å². The lowest BCUT2D eigenvalue weighted by Gasteiger charge is -2.16. The maximum Gasteiger partial charge on any atom is 0.273 e. The molecule has 1 saturated heterocycles. The first-order chi connectivity index (χ1) is 9.02. The van der Waals surface area contributed by atoms with Crippen LogP contribution in [-0.2, 0) is 0 Å². The summed E-state index contributed by atoms with van der Waals surface area (Å²) >= 11 is 5.78. The molecule has 0 bridgehead atoms. The summed E-state index contributed by atoms with van der Waals surface area (Å²) in [6, 6.07) is 4.60. The van der Waals surface area contributed by atoms with E-state index in [0.717, 1.165) is 6.42 Å². The zero-order valence-electron chi connectivity index (χ0n) is 10.6. The summed E-state index contributed by atoms with van der Waals surface area (Å²) in [5.74, 6) is 0.708. The summed E-state index contributed by atoms with van der Waals surface area (Å²) in [5, 5.41) is 10.9. The zero-order chi connectivity index (χ0) is 14.0. The first-order valence-corrected chi connectivity index (χ1v) is 6.66. The zero-order valence-corrected chi connectivity index (χ0v) is 11.4. The van der Waals surface area contributed by atoms with Crippen LogP contribution in [0.1, 0.15) is 22.3 Å². The van der Waals surface area contributed by atoms with E-state index in [4.69, 9.17) is 11.6 Å². The Morgan fingerprint density at radius 3 is 2.89 bits per heavy atom. The Labute approximate surface area is 116 Å². The van der Waals surface area contributed by atoms with Crippen molar-refractivity contribution in [1.29, 1.82) is 0 Å². The average Bonchev–Trinajstić information content (AvgIpc) is 2.87. The lowest BCUT2D eigenvalue weighted by atomic mass is 10.1. The van der Waals surface area contributed by atoms with Gasteiger partial charge in [-0.25, -0.2) is 0 Å². The monoisotopic (exact) mass is 282 g/mol. The maximum absolute atomic E-state index is 12.3. The average molecular weight is 283 g/mol. The number of halogens is 1. The fourth-order valence-electron chi connectivity index (χ4n) is 2.26. The molecule has 1 aromatic rings. The number of nitro groups is 1. The fraction of sp³-hybridized carbons (Fsp3) is 0.462. The molecule has 1 heterocycles. The number of benzene rings is 1. The number of likely N-dealkylation sites (tertiary alicyclic amines) is 1. The Bertz CT molecular complexity index is 519. The molecule has 0 spiro atoms. The highest BCUT2D eigenvalue weighted by Crippen LogP contribution is 2.23. The molecule has 5 nitrogen and oxygen atoms in total. The number of rotatable bonds is 3. The molecular weight excluding hydrogens is 268 g/mol. The van der Waals surface area contributed by atoms with E-state index in [-0.39, 0.29) is 11.6 Å². The molecule has 0 N–H and O–H groups in total. The van der Waals surface area contributed by atoms with Gasteiger partial charge in [0, 0.05) is 36.2 Å². The van der Waals surface area contributed by atoms with Crippen LogP contribution >= 0.6 is 11.6 Å². The minimum atomic E-state index is -0.461. The van der Waals surface area contributed by atoms with Crippen LogP contribution in [0.4, 0.5) is 5.69 Å². The number of carbonyl (C=O) groups is 1. The summed E-state index contributed by atoms with van der Waals surface area (Å²) < 4.78 is 0. The third-order valence-corrected chi connectivity index (χ3v) is 3.88. The van der Waals surface area contributed by atoms with Crippen molar-refractivity contribution >= 4 is 23.2 Å². The van der Waals surface area contributed by atoms with Crippen molar-refractivity contribution in [2.75, 3.05) is 19.0 Å². The smallest absolute Gasteiger partial charge is 0.273 e. The Balaban J connectivity index is 2.20. The summed E-state index contributed by atoms with van der Waals surface area (Å²) in [5.41, 5.74) is 0.910. The molecule has 0 aliphatic carbocycles. The van der Waals surface area contributed by atoms with Gasteiger partial charge in [-0.05, 0) is 25.3 Å². The number of alkyl halides is 1. The first kappa shape index (κ1) is 13.8. The second-order valence-corrected chi connectivity index (χ2v) is 5.13. The van der Waals surface area contributed by atoms with Crippen molar-refractivity contribution in [1.82, 2.24) is 4.90 Å². The van der Waals surface area contributed by atoms with Gasteiger partial charge in [-0.15, -0.1) is 11.6 Å². The number of nitro benzene ring substituents is 1. The van der Waals surface area contributed by atoms with E-state index in [1.807, 2.05) is 0 Å². The lowest BCUT2D eigenvalue weighted by Crippen LogP contribution is -2.28. The third kappa shape index (κ3) is 2.87. The number of hydrogen-bond acceptors (Lipinski definition) is 3. The molecule has 1 fully saturated rings. The molecule has 102 valence electrons. The minimum absolute atomic E-state index is 0.0149. The van der Waals surface area contributed by atoms with Crippen LogP contribution < -0.4 is 0 Å². The van der Waals surface area contributed by atoms with Gasteiger partial charge in [0.25, 0.3) is 11.6 Å². The van der Waals surface area contributed by atoms with Crippen molar-refractivity contribution in [2.24, 2.45) is 5.92 Å². The number of nitrogens with zero attached hydrogens (tertiary/aromatic N) is 2. The predicted molar refractivity (Wildman–Crippen MR) is 72.6 cm³/mol. The van der Waals surface area contributed by atoms with Crippen molar-refractivity contribution in [3.63, 3.8) is 0 Å². The summed E-state index contributed by atoms with van der Waals surface area (Å²) in [7, 11) is 0. The summed E-state index contributed by atoms with van der Waals surface area (Å²) in [6.45, 7) is 2.95. The molecular formula is C13H15ClN2O3. The van der Waals surface area contributed by atoms with E-state index < -0.39 is 4.92 Å². The van der Waals surface area contributed by atoms with E-state index in [2.05, 4.69) is 0 Å². The molecule has 1 unspecified atom stereocenters. The first-order valence-electron chi connectivity index (χ1n) is 6.13. The van der Waals surface area contributed by atoms with Crippen LogP contribution in [0.3, 0.4) is 0 Å². The van der Waals surface area contributed by atoms with Crippen molar-refractivity contribution in [2.45, 2.75) is 13.3 Å². The fourth-order valence-corrected chi connectivity index (χ4v) is 2.52. The van der Waals surface area contributed by atoms with E-state index in [0.29, 0.717) is 36.0 Å². The molecule has 1 aliphatic heterocycles. The maximum atomic E-state index is 12.3. The van der Waals surface area contributed by atoms with Crippen LogP contribution in [0, 0.1) is 23.0 Å². The highest BCUT2D eigenvalue weighted by molar-refractivity contribution is 6.18. The molecule has 0 saturated carbocycles. The van der Waals surface area contributed by atoms with Crippen molar-refractivity contribution < 1.29 is 9.72 Å². The highest BCUT2D eigenvalue weighted by Gasteiger charge is 2.27. The van der Waals surface area contributed by atoms with Crippen molar-refractivity contribution in [3.8, 4) is 0 Å². The van der Waals surface area contributed by atoms with Gasteiger partial charge < -0.3 is 4.90 Å². The van der Waals surface area contributed by atoms with Gasteiger partial charge in [-0.1, -0.05) is 6.07 Å². The second-order valence-electron chi connectivity index (χ2n) is 4.82. The standard InChI is InChI=1S/C13H15ClN2O3/c1-9-2-3-11(6-12(9)16(18)19)13(17)15-5-4-10(7-14)8-15/h2-3,6,10H,4-5,7-8H2,1H3. The number of aryl methyl sites for hydroxylation is 1. The predicted octanol–water partition coefficient (Wildman–Crippen LogP) is 2.60. The molecule has 19 heavy (non-hydrogen) atoms. The van der Waals surface area contributed by atoms with Gasteiger partial charge in [0.05, 0.1) is 4.92 Å². The Morgan fingerprint density at radius 2 is 2.32 bits per heavy atom.